The monoisotopic (exact) mass is 298 g/mol. The molecule has 0 spiro atoms. The van der Waals surface area contributed by atoms with Gasteiger partial charge in [-0.25, -0.2) is 0 Å². The van der Waals surface area contributed by atoms with Gasteiger partial charge in [0.1, 0.15) is 17.2 Å². The number of hydrogen-bond donors (Lipinski definition) is 0. The van der Waals surface area contributed by atoms with Crippen molar-refractivity contribution in [3.63, 3.8) is 0 Å². The van der Waals surface area contributed by atoms with E-state index in [4.69, 9.17) is 10.00 Å². The first-order valence-corrected chi connectivity index (χ1v) is 5.53. The van der Waals surface area contributed by atoms with E-state index in [9.17, 15) is 14.9 Å². The number of nitro groups is 1. The zero-order chi connectivity index (χ0) is 13.0. The zero-order valence-electron chi connectivity index (χ0n) is 8.77. The second kappa shape index (κ2) is 5.41. The molecule has 0 aliphatic heterocycles. The molecule has 1 rings (SSSR count). The third-order valence-corrected chi connectivity index (χ3v) is 2.57. The van der Waals surface area contributed by atoms with Crippen molar-refractivity contribution < 1.29 is 14.5 Å². The van der Waals surface area contributed by atoms with Crippen molar-refractivity contribution in [3.05, 3.63) is 33.4 Å². The highest BCUT2D eigenvalue weighted by atomic mass is 79.9. The predicted molar refractivity (Wildman–Crippen MR) is 62.5 cm³/mol. The molecule has 0 radical (unpaired) electrons. The number of nitrogens with zero attached hydrogens (tertiary/aromatic N) is 2. The lowest BCUT2D eigenvalue weighted by Gasteiger charge is -2.06. The summed E-state index contributed by atoms with van der Waals surface area (Å²) in [5, 5.41) is 19.7. The van der Waals surface area contributed by atoms with Crippen molar-refractivity contribution in [3.8, 4) is 11.8 Å². The lowest BCUT2D eigenvalue weighted by atomic mass is 10.1. The van der Waals surface area contributed by atoms with Crippen LogP contribution in [0.2, 0.25) is 0 Å². The summed E-state index contributed by atoms with van der Waals surface area (Å²) in [7, 11) is 1.21. The van der Waals surface area contributed by atoms with Crippen LogP contribution in [0.5, 0.6) is 5.75 Å². The van der Waals surface area contributed by atoms with Gasteiger partial charge in [-0.3, -0.25) is 14.9 Å². The largest absolute Gasteiger partial charge is 0.489 e. The molecule has 6 nitrogen and oxygen atoms in total. The molecule has 0 fully saturated rings. The topological polar surface area (TPSA) is 93.2 Å². The molecule has 0 unspecified atom stereocenters. The Morgan fingerprint density at radius 3 is 2.71 bits per heavy atom. The van der Waals surface area contributed by atoms with E-state index in [2.05, 4.69) is 15.9 Å². The van der Waals surface area contributed by atoms with Gasteiger partial charge >= 0.3 is 5.69 Å². The van der Waals surface area contributed by atoms with E-state index in [0.29, 0.717) is 0 Å². The van der Waals surface area contributed by atoms with Crippen LogP contribution in [0, 0.1) is 21.4 Å². The van der Waals surface area contributed by atoms with Gasteiger partial charge in [0.2, 0.25) is 5.75 Å². The third-order valence-electron chi connectivity index (χ3n) is 2.06. The van der Waals surface area contributed by atoms with Gasteiger partial charge in [-0.15, -0.1) is 0 Å². The molecule has 0 saturated carbocycles. The molecular weight excluding hydrogens is 292 g/mol. The number of methoxy groups -OCH3 is 1. The molecule has 0 atom stereocenters. The van der Waals surface area contributed by atoms with Crippen LogP contribution in [-0.4, -0.2) is 23.1 Å². The fourth-order valence-electron chi connectivity index (χ4n) is 1.34. The van der Waals surface area contributed by atoms with E-state index in [1.807, 2.05) is 0 Å². The number of benzene rings is 1. The molecule has 1 aromatic rings. The highest BCUT2D eigenvalue weighted by Crippen LogP contribution is 2.34. The third kappa shape index (κ3) is 2.42. The van der Waals surface area contributed by atoms with Crippen LogP contribution in [0.4, 0.5) is 5.69 Å². The number of ether oxygens (including phenoxy) is 1. The number of rotatable bonds is 4. The van der Waals surface area contributed by atoms with Gasteiger partial charge in [-0.1, -0.05) is 15.9 Å². The first-order chi connectivity index (χ1) is 8.06. The molecule has 0 aliphatic carbocycles. The highest BCUT2D eigenvalue weighted by Gasteiger charge is 2.27. The number of Topliss-reactive ketones (excluding diaryl/α,β-unsaturated/α-hetero) is 1. The maximum absolute atomic E-state index is 11.5. The number of carbonyl (C=O) groups excluding carboxylic acids is 1. The van der Waals surface area contributed by atoms with E-state index in [1.165, 1.54) is 19.2 Å². The van der Waals surface area contributed by atoms with Crippen LogP contribution in [0.25, 0.3) is 0 Å². The Hall–Kier alpha value is -1.94. The van der Waals surface area contributed by atoms with E-state index in [1.54, 1.807) is 6.07 Å². The first kappa shape index (κ1) is 13.1. The Bertz CT molecular complexity index is 522. The van der Waals surface area contributed by atoms with Gasteiger partial charge in [0.05, 0.1) is 17.4 Å². The number of halogens is 1. The van der Waals surface area contributed by atoms with E-state index >= 15 is 0 Å². The van der Waals surface area contributed by atoms with Gasteiger partial charge in [-0.05, 0) is 12.1 Å². The number of ketones is 1. The highest BCUT2D eigenvalue weighted by molar-refractivity contribution is 9.09. The number of carbonyl (C=O) groups is 1. The van der Waals surface area contributed by atoms with Crippen LogP contribution in [-0.2, 0) is 0 Å². The van der Waals surface area contributed by atoms with Gasteiger partial charge in [-0.2, -0.15) is 5.26 Å². The molecule has 0 aromatic heterocycles. The minimum Gasteiger partial charge on any atom is -0.489 e. The van der Waals surface area contributed by atoms with Crippen LogP contribution in [0.1, 0.15) is 15.9 Å². The molecule has 0 heterocycles. The second-order valence-electron chi connectivity index (χ2n) is 2.97. The molecule has 0 saturated heterocycles. The summed E-state index contributed by atoms with van der Waals surface area (Å²) in [6, 6.07) is 4.35. The maximum atomic E-state index is 11.5. The van der Waals surface area contributed by atoms with Crippen LogP contribution in [0.15, 0.2) is 12.1 Å². The lowest BCUT2D eigenvalue weighted by molar-refractivity contribution is -0.386. The van der Waals surface area contributed by atoms with Gasteiger partial charge in [0, 0.05) is 0 Å². The van der Waals surface area contributed by atoms with Gasteiger partial charge in [0.15, 0.2) is 5.78 Å². The standard InChI is InChI=1S/C10H7BrN2O4/c1-17-10-6(5-12)2-3-7(8(14)4-11)9(10)13(15)16/h2-3H,4H2,1H3. The number of alkyl halides is 1. The van der Waals surface area contributed by atoms with Gasteiger partial charge in [0.25, 0.3) is 0 Å². The molecule has 0 aliphatic rings. The number of nitriles is 1. The molecular formula is C10H7BrN2O4. The quantitative estimate of drug-likeness (QED) is 0.367. The van der Waals surface area contributed by atoms with Crippen molar-refractivity contribution in [2.45, 2.75) is 0 Å². The summed E-state index contributed by atoms with van der Waals surface area (Å²) >= 11 is 2.94. The number of nitro benzene ring substituents is 1. The molecule has 0 bridgehead atoms. The summed E-state index contributed by atoms with van der Waals surface area (Å²) < 4.78 is 4.83. The number of hydrogen-bond acceptors (Lipinski definition) is 5. The average Bonchev–Trinajstić information content (AvgIpc) is 2.35. The Balaban J connectivity index is 3.60. The Labute approximate surface area is 105 Å². The summed E-state index contributed by atoms with van der Waals surface area (Å²) in [5.74, 6) is -0.635. The minimum atomic E-state index is -0.727. The summed E-state index contributed by atoms with van der Waals surface area (Å²) in [6.45, 7) is 0. The smallest absolute Gasteiger partial charge is 0.323 e. The molecule has 0 N–H and O–H groups in total. The van der Waals surface area contributed by atoms with Gasteiger partial charge < -0.3 is 4.74 Å². The van der Waals surface area contributed by atoms with Crippen LogP contribution < -0.4 is 4.74 Å². The Morgan fingerprint density at radius 2 is 2.29 bits per heavy atom. The fourth-order valence-corrected chi connectivity index (χ4v) is 1.65. The van der Waals surface area contributed by atoms with E-state index in [0.717, 1.165) is 0 Å². The Morgan fingerprint density at radius 1 is 1.65 bits per heavy atom. The van der Waals surface area contributed by atoms with Crippen molar-refractivity contribution in [2.75, 3.05) is 12.4 Å². The first-order valence-electron chi connectivity index (χ1n) is 4.41. The van der Waals surface area contributed by atoms with E-state index < -0.39 is 16.4 Å². The fraction of sp³-hybridized carbons (Fsp3) is 0.200. The normalized spacial score (nSPS) is 9.47. The average molecular weight is 299 g/mol. The van der Waals surface area contributed by atoms with Crippen LogP contribution >= 0.6 is 15.9 Å². The van der Waals surface area contributed by atoms with Crippen molar-refractivity contribution in [1.29, 1.82) is 5.26 Å². The lowest BCUT2D eigenvalue weighted by Crippen LogP contribution is -2.07. The summed E-state index contributed by atoms with van der Waals surface area (Å²) in [5.41, 5.74) is -0.538. The molecule has 1 aromatic carbocycles. The second-order valence-corrected chi connectivity index (χ2v) is 3.53. The van der Waals surface area contributed by atoms with E-state index in [-0.39, 0.29) is 22.2 Å². The van der Waals surface area contributed by atoms with Crippen molar-refractivity contribution in [1.82, 2.24) is 0 Å². The SMILES string of the molecule is COc1c(C#N)ccc(C(=O)CBr)c1[N+](=O)[O-]. The van der Waals surface area contributed by atoms with Crippen molar-refractivity contribution >= 4 is 27.4 Å². The molecule has 0 amide bonds. The zero-order valence-corrected chi connectivity index (χ0v) is 10.4. The predicted octanol–water partition coefficient (Wildman–Crippen LogP) is 2.05. The van der Waals surface area contributed by atoms with Crippen LogP contribution in [0.3, 0.4) is 0 Å². The molecule has 7 heteroatoms. The Kier molecular flexibility index (Phi) is 4.17. The summed E-state index contributed by atoms with van der Waals surface area (Å²) in [4.78, 5) is 21.7. The molecule has 17 heavy (non-hydrogen) atoms. The van der Waals surface area contributed by atoms with Crippen molar-refractivity contribution in [2.24, 2.45) is 0 Å². The summed E-state index contributed by atoms with van der Waals surface area (Å²) in [6.07, 6.45) is 0. The maximum Gasteiger partial charge on any atom is 0.323 e. The molecule has 88 valence electrons. The minimum absolute atomic E-state index is 0.0188.